The standard InChI is InChI=1S/C21H32O2/c1-7-19(5)12-17(23)20(6)13(2)8-10-21(15(4)14(19)3)11-9-16(22)18(20)21/h7,13-14,17-18,23H,1,4,8-12H2,2-3,5-6H3/t13?,14?,17-,18?,19?,20?,21?/m1/s1. The monoisotopic (exact) mass is 316 g/mol. The largest absolute Gasteiger partial charge is 0.392 e. The Morgan fingerprint density at radius 1 is 1.26 bits per heavy atom. The van der Waals surface area contributed by atoms with Crippen molar-refractivity contribution in [1.29, 1.82) is 0 Å². The Morgan fingerprint density at radius 3 is 2.52 bits per heavy atom. The van der Waals surface area contributed by atoms with E-state index in [0.717, 1.165) is 19.3 Å². The Morgan fingerprint density at radius 2 is 1.91 bits per heavy atom. The van der Waals surface area contributed by atoms with Crippen LogP contribution < -0.4 is 0 Å². The summed E-state index contributed by atoms with van der Waals surface area (Å²) in [5, 5.41) is 11.3. The van der Waals surface area contributed by atoms with Crippen molar-refractivity contribution in [2.45, 2.75) is 65.9 Å². The van der Waals surface area contributed by atoms with Gasteiger partial charge in [-0.3, -0.25) is 4.79 Å². The summed E-state index contributed by atoms with van der Waals surface area (Å²) in [5.41, 5.74) is 0.613. The number of carbonyl (C=O) groups is 1. The molecule has 0 aliphatic heterocycles. The number of aliphatic hydroxyl groups is 1. The van der Waals surface area contributed by atoms with Gasteiger partial charge in [0.15, 0.2) is 0 Å². The Kier molecular flexibility index (Phi) is 3.72. The molecule has 1 N–H and O–H groups in total. The summed E-state index contributed by atoms with van der Waals surface area (Å²) < 4.78 is 0. The molecule has 23 heavy (non-hydrogen) atoms. The van der Waals surface area contributed by atoms with Crippen LogP contribution in [0.15, 0.2) is 24.8 Å². The molecule has 2 nitrogen and oxygen atoms in total. The number of Topliss-reactive ketones (excluding diaryl/α,β-unsaturated/α-hetero) is 1. The number of aliphatic hydroxyl groups excluding tert-OH is 1. The van der Waals surface area contributed by atoms with Crippen molar-refractivity contribution < 1.29 is 9.90 Å². The summed E-state index contributed by atoms with van der Waals surface area (Å²) in [4.78, 5) is 12.9. The van der Waals surface area contributed by atoms with Gasteiger partial charge in [0.05, 0.1) is 6.10 Å². The van der Waals surface area contributed by atoms with Crippen LogP contribution in [0.1, 0.15) is 59.8 Å². The first-order valence-electron chi connectivity index (χ1n) is 9.17. The molecule has 0 aromatic carbocycles. The summed E-state index contributed by atoms with van der Waals surface area (Å²) >= 11 is 0. The third kappa shape index (κ3) is 1.94. The third-order valence-corrected chi connectivity index (χ3v) is 8.37. The summed E-state index contributed by atoms with van der Waals surface area (Å²) in [5.74, 6) is 0.890. The number of carbonyl (C=O) groups excluding carboxylic acids is 1. The maximum absolute atomic E-state index is 12.9. The number of allylic oxidation sites excluding steroid dienone is 2. The van der Waals surface area contributed by atoms with Crippen LogP contribution in [0.25, 0.3) is 0 Å². The molecular weight excluding hydrogens is 284 g/mol. The fourth-order valence-electron chi connectivity index (χ4n) is 6.15. The van der Waals surface area contributed by atoms with Gasteiger partial charge in [0, 0.05) is 23.2 Å². The molecule has 0 aromatic rings. The van der Waals surface area contributed by atoms with E-state index in [1.807, 2.05) is 6.08 Å². The van der Waals surface area contributed by atoms with Crippen LogP contribution in [0, 0.1) is 34.0 Å². The van der Waals surface area contributed by atoms with E-state index in [1.54, 1.807) is 0 Å². The molecule has 0 heterocycles. The van der Waals surface area contributed by atoms with Crippen LogP contribution in [0.4, 0.5) is 0 Å². The minimum absolute atomic E-state index is 0.0573. The predicted octanol–water partition coefficient (Wildman–Crippen LogP) is 4.54. The van der Waals surface area contributed by atoms with Crippen molar-refractivity contribution in [2.24, 2.45) is 34.0 Å². The first-order valence-corrected chi connectivity index (χ1v) is 9.17. The van der Waals surface area contributed by atoms with E-state index in [2.05, 4.69) is 40.9 Å². The highest BCUT2D eigenvalue weighted by Gasteiger charge is 2.65. The van der Waals surface area contributed by atoms with E-state index in [1.165, 1.54) is 5.57 Å². The number of rotatable bonds is 1. The van der Waals surface area contributed by atoms with Crippen LogP contribution >= 0.6 is 0 Å². The molecule has 128 valence electrons. The predicted molar refractivity (Wildman–Crippen MR) is 93.9 cm³/mol. The van der Waals surface area contributed by atoms with Gasteiger partial charge in [0.1, 0.15) is 5.78 Å². The number of ketones is 1. The molecule has 2 heteroatoms. The molecule has 0 spiro atoms. The zero-order chi connectivity index (χ0) is 17.2. The van der Waals surface area contributed by atoms with Crippen molar-refractivity contribution >= 4 is 5.78 Å². The van der Waals surface area contributed by atoms with E-state index in [-0.39, 0.29) is 28.1 Å². The average Bonchev–Trinajstić information content (AvgIpc) is 2.87. The molecule has 7 atom stereocenters. The lowest BCUT2D eigenvalue weighted by Crippen LogP contribution is -2.59. The van der Waals surface area contributed by atoms with Crippen LogP contribution in [-0.4, -0.2) is 17.0 Å². The van der Waals surface area contributed by atoms with Gasteiger partial charge in [-0.15, -0.1) is 6.58 Å². The second kappa shape index (κ2) is 5.05. The van der Waals surface area contributed by atoms with Crippen LogP contribution in [-0.2, 0) is 4.79 Å². The normalized spacial score (nSPS) is 53.4. The molecular formula is C21H32O2. The van der Waals surface area contributed by atoms with Crippen molar-refractivity contribution in [1.82, 2.24) is 0 Å². The Hall–Kier alpha value is -0.890. The van der Waals surface area contributed by atoms with Gasteiger partial charge in [-0.05, 0) is 42.9 Å². The minimum atomic E-state index is -0.470. The third-order valence-electron chi connectivity index (χ3n) is 8.37. The zero-order valence-electron chi connectivity index (χ0n) is 15.2. The molecule has 6 unspecified atom stereocenters. The zero-order valence-corrected chi connectivity index (χ0v) is 15.2. The van der Waals surface area contributed by atoms with Crippen molar-refractivity contribution in [3.05, 3.63) is 24.8 Å². The highest BCUT2D eigenvalue weighted by atomic mass is 16.3. The van der Waals surface area contributed by atoms with Crippen LogP contribution in [0.3, 0.4) is 0 Å². The molecule has 0 radical (unpaired) electrons. The van der Waals surface area contributed by atoms with E-state index < -0.39 is 6.10 Å². The number of hydrogen-bond acceptors (Lipinski definition) is 2. The molecule has 3 fully saturated rings. The topological polar surface area (TPSA) is 37.3 Å². The Bertz CT molecular complexity index is 564. The lowest BCUT2D eigenvalue weighted by molar-refractivity contribution is -0.154. The lowest BCUT2D eigenvalue weighted by Gasteiger charge is -2.60. The van der Waals surface area contributed by atoms with Gasteiger partial charge >= 0.3 is 0 Å². The number of hydrogen-bond donors (Lipinski definition) is 1. The lowest BCUT2D eigenvalue weighted by atomic mass is 9.44. The van der Waals surface area contributed by atoms with Gasteiger partial charge in [0.25, 0.3) is 0 Å². The second-order valence-electron chi connectivity index (χ2n) is 9.04. The molecule has 3 aliphatic rings. The molecule has 3 rings (SSSR count). The van der Waals surface area contributed by atoms with E-state index in [0.29, 0.717) is 24.5 Å². The Labute approximate surface area is 141 Å². The summed E-state index contributed by atoms with van der Waals surface area (Å²) in [6.07, 6.45) is 5.89. The highest BCUT2D eigenvalue weighted by molar-refractivity contribution is 5.86. The summed E-state index contributed by atoms with van der Waals surface area (Å²) in [6.45, 7) is 17.4. The van der Waals surface area contributed by atoms with Gasteiger partial charge in [0.2, 0.25) is 0 Å². The smallest absolute Gasteiger partial charge is 0.137 e. The van der Waals surface area contributed by atoms with Gasteiger partial charge in [-0.25, -0.2) is 0 Å². The second-order valence-corrected chi connectivity index (χ2v) is 9.04. The fraction of sp³-hybridized carbons (Fsp3) is 0.762. The van der Waals surface area contributed by atoms with Crippen molar-refractivity contribution in [2.75, 3.05) is 0 Å². The van der Waals surface area contributed by atoms with E-state index in [9.17, 15) is 9.90 Å². The van der Waals surface area contributed by atoms with Crippen molar-refractivity contribution in [3.8, 4) is 0 Å². The van der Waals surface area contributed by atoms with Crippen molar-refractivity contribution in [3.63, 3.8) is 0 Å². The van der Waals surface area contributed by atoms with E-state index in [4.69, 9.17) is 0 Å². The summed E-state index contributed by atoms with van der Waals surface area (Å²) in [6, 6.07) is 0. The molecule has 0 saturated heterocycles. The first kappa shape index (κ1) is 17.0. The maximum Gasteiger partial charge on any atom is 0.137 e. The van der Waals surface area contributed by atoms with Gasteiger partial charge < -0.3 is 5.11 Å². The Balaban J connectivity index is 2.23. The molecule has 0 amide bonds. The molecule has 2 bridgehead atoms. The molecule has 3 saturated carbocycles. The van der Waals surface area contributed by atoms with Gasteiger partial charge in [-0.1, -0.05) is 45.9 Å². The van der Waals surface area contributed by atoms with Crippen LogP contribution in [0.5, 0.6) is 0 Å². The van der Waals surface area contributed by atoms with Gasteiger partial charge in [-0.2, -0.15) is 0 Å². The average molecular weight is 316 g/mol. The first-order chi connectivity index (χ1) is 10.6. The highest BCUT2D eigenvalue weighted by Crippen LogP contribution is 2.68. The summed E-state index contributed by atoms with van der Waals surface area (Å²) in [7, 11) is 0. The van der Waals surface area contributed by atoms with Crippen LogP contribution in [0.2, 0.25) is 0 Å². The molecule has 0 aromatic heterocycles. The minimum Gasteiger partial charge on any atom is -0.392 e. The quantitative estimate of drug-likeness (QED) is 0.721. The fourth-order valence-corrected chi connectivity index (χ4v) is 6.15. The van der Waals surface area contributed by atoms with E-state index >= 15 is 0 Å². The molecule has 3 aliphatic carbocycles. The SMILES string of the molecule is C=CC1(C)C[C@@H](O)C2(C)C(C)CCC3(CCC(=O)C32)C(=C)C1C. The maximum atomic E-state index is 12.9.